The number of hydrogen-bond acceptors (Lipinski definition) is 6. The molecule has 0 aliphatic heterocycles. The highest BCUT2D eigenvalue weighted by Gasteiger charge is 2.15. The molecule has 9 heteroatoms. The topological polar surface area (TPSA) is 106 Å². The molecule has 0 aliphatic carbocycles. The van der Waals surface area contributed by atoms with Crippen LogP contribution in [0, 0.1) is 0 Å². The number of amides is 1. The number of benzene rings is 1. The Morgan fingerprint density at radius 3 is 2.96 bits per heavy atom. The highest BCUT2D eigenvalue weighted by Crippen LogP contribution is 2.20. The van der Waals surface area contributed by atoms with Crippen molar-refractivity contribution in [2.45, 2.75) is 6.10 Å². The van der Waals surface area contributed by atoms with Crippen molar-refractivity contribution in [1.29, 1.82) is 0 Å². The fourth-order valence-electron chi connectivity index (χ4n) is 1.98. The molecule has 0 fully saturated rings. The molecule has 2 aromatic heterocycles. The molecule has 0 spiro atoms. The lowest BCUT2D eigenvalue weighted by atomic mass is 10.2. The van der Waals surface area contributed by atoms with Crippen LogP contribution in [0.25, 0.3) is 5.69 Å². The van der Waals surface area contributed by atoms with Gasteiger partial charge in [0.15, 0.2) is 0 Å². The lowest BCUT2D eigenvalue weighted by molar-refractivity contribution is 0.0901. The molecule has 1 amide bonds. The summed E-state index contributed by atoms with van der Waals surface area (Å²) in [4.78, 5) is 12.2. The first-order valence-electron chi connectivity index (χ1n) is 6.67. The number of nitrogens with one attached hydrogen (secondary N) is 1. The third-order valence-corrected chi connectivity index (χ3v) is 3.45. The first kappa shape index (κ1) is 15.2. The van der Waals surface area contributed by atoms with E-state index in [1.165, 1.54) is 17.3 Å². The second-order valence-corrected chi connectivity index (χ2v) is 5.07. The van der Waals surface area contributed by atoms with Crippen LogP contribution in [0.1, 0.15) is 22.2 Å². The van der Waals surface area contributed by atoms with E-state index in [0.29, 0.717) is 11.4 Å². The first-order valence-corrected chi connectivity index (χ1v) is 7.05. The smallest absolute Gasteiger partial charge is 0.252 e. The van der Waals surface area contributed by atoms with Crippen molar-refractivity contribution in [3.63, 3.8) is 0 Å². The van der Waals surface area contributed by atoms with Crippen LogP contribution in [0.4, 0.5) is 0 Å². The van der Waals surface area contributed by atoms with E-state index in [9.17, 15) is 9.90 Å². The van der Waals surface area contributed by atoms with E-state index in [0.717, 1.165) is 0 Å². The maximum absolute atomic E-state index is 12.2. The number of carbonyl (C=O) groups excluding carboxylic acids is 1. The molecule has 0 radical (unpaired) electrons. The summed E-state index contributed by atoms with van der Waals surface area (Å²) in [7, 11) is 0. The molecule has 0 saturated heterocycles. The molecule has 2 N–H and O–H groups in total. The fourth-order valence-corrected chi connectivity index (χ4v) is 2.24. The molecule has 1 aromatic carbocycles. The van der Waals surface area contributed by atoms with Gasteiger partial charge < -0.3 is 14.8 Å². The van der Waals surface area contributed by atoms with Gasteiger partial charge in [0.1, 0.15) is 18.2 Å². The van der Waals surface area contributed by atoms with Gasteiger partial charge in [-0.1, -0.05) is 11.6 Å². The molecule has 1 atom stereocenters. The summed E-state index contributed by atoms with van der Waals surface area (Å²) in [5.41, 5.74) is 0.919. The Morgan fingerprint density at radius 1 is 1.43 bits per heavy atom. The molecule has 2 heterocycles. The molecule has 3 aromatic rings. The Balaban J connectivity index is 1.68. The summed E-state index contributed by atoms with van der Waals surface area (Å²) in [5.74, 6) is -0.0192. The molecule has 0 bridgehead atoms. The number of carbonyl (C=O) groups is 1. The Labute approximate surface area is 135 Å². The quantitative estimate of drug-likeness (QED) is 0.730. The summed E-state index contributed by atoms with van der Waals surface area (Å²) in [6.07, 6.45) is 1.95. The number of aliphatic hydroxyl groups excluding tert-OH is 1. The number of nitrogens with zero attached hydrogens (tertiary/aromatic N) is 4. The van der Waals surface area contributed by atoms with Crippen LogP contribution >= 0.6 is 11.6 Å². The maximum atomic E-state index is 12.2. The standard InChI is InChI=1S/C14H12ClN5O3/c15-11-6-9(20-8-17-18-19-20)3-4-10(11)14(22)16-7-12(21)13-2-1-5-23-13/h1-6,8,12,21H,7H2,(H,16,22). The van der Waals surface area contributed by atoms with Crippen LogP contribution < -0.4 is 5.32 Å². The number of tetrazole rings is 1. The third kappa shape index (κ3) is 3.38. The van der Waals surface area contributed by atoms with Gasteiger partial charge in [0, 0.05) is 0 Å². The lowest BCUT2D eigenvalue weighted by Crippen LogP contribution is -2.28. The van der Waals surface area contributed by atoms with E-state index in [1.807, 2.05) is 0 Å². The summed E-state index contributed by atoms with van der Waals surface area (Å²) < 4.78 is 6.49. The largest absolute Gasteiger partial charge is 0.467 e. The average Bonchev–Trinajstić information content (AvgIpc) is 3.24. The fraction of sp³-hybridized carbons (Fsp3) is 0.143. The minimum absolute atomic E-state index is 0.0113. The molecule has 8 nitrogen and oxygen atoms in total. The van der Waals surface area contributed by atoms with Gasteiger partial charge in [0.25, 0.3) is 5.91 Å². The molecule has 1 unspecified atom stereocenters. The van der Waals surface area contributed by atoms with Crippen LogP contribution in [0.5, 0.6) is 0 Å². The van der Waals surface area contributed by atoms with E-state index in [2.05, 4.69) is 20.8 Å². The van der Waals surface area contributed by atoms with Crippen LogP contribution in [-0.2, 0) is 0 Å². The molecule has 3 rings (SSSR count). The lowest BCUT2D eigenvalue weighted by Gasteiger charge is -2.11. The Hall–Kier alpha value is -2.71. The van der Waals surface area contributed by atoms with Gasteiger partial charge in [-0.2, -0.15) is 0 Å². The predicted molar refractivity (Wildman–Crippen MR) is 80.2 cm³/mol. The first-order chi connectivity index (χ1) is 11.1. The van der Waals surface area contributed by atoms with Crippen LogP contribution in [0.15, 0.2) is 47.3 Å². The van der Waals surface area contributed by atoms with Crippen LogP contribution in [0.3, 0.4) is 0 Å². The van der Waals surface area contributed by atoms with E-state index in [1.54, 1.807) is 30.3 Å². The Bertz CT molecular complexity index is 789. The average molecular weight is 334 g/mol. The Morgan fingerprint density at radius 2 is 2.30 bits per heavy atom. The molecule has 118 valence electrons. The number of rotatable bonds is 5. The van der Waals surface area contributed by atoms with Crippen LogP contribution in [0.2, 0.25) is 5.02 Å². The minimum Gasteiger partial charge on any atom is -0.467 e. The zero-order chi connectivity index (χ0) is 16.2. The second-order valence-electron chi connectivity index (χ2n) is 4.66. The minimum atomic E-state index is -0.923. The van der Waals surface area contributed by atoms with Gasteiger partial charge in [-0.05, 0) is 40.8 Å². The maximum Gasteiger partial charge on any atom is 0.252 e. The molecule has 0 saturated carbocycles. The van der Waals surface area contributed by atoms with Crippen molar-refractivity contribution < 1.29 is 14.3 Å². The van der Waals surface area contributed by atoms with Gasteiger partial charge in [-0.25, -0.2) is 4.68 Å². The molecular weight excluding hydrogens is 322 g/mol. The summed E-state index contributed by atoms with van der Waals surface area (Å²) in [6, 6.07) is 8.10. The SMILES string of the molecule is O=C(NCC(O)c1ccco1)c1ccc(-n2cnnn2)cc1Cl. The van der Waals surface area contributed by atoms with Crippen LogP contribution in [-0.4, -0.2) is 37.8 Å². The normalized spacial score (nSPS) is 12.1. The van der Waals surface area contributed by atoms with Gasteiger partial charge in [0.05, 0.1) is 29.1 Å². The van der Waals surface area contributed by atoms with Crippen molar-refractivity contribution in [2.75, 3.05) is 6.54 Å². The highest BCUT2D eigenvalue weighted by molar-refractivity contribution is 6.34. The van der Waals surface area contributed by atoms with Gasteiger partial charge in [-0.3, -0.25) is 4.79 Å². The van der Waals surface area contributed by atoms with E-state index >= 15 is 0 Å². The van der Waals surface area contributed by atoms with Crippen molar-refractivity contribution >= 4 is 17.5 Å². The molecule has 0 aliphatic rings. The number of aliphatic hydroxyl groups is 1. The van der Waals surface area contributed by atoms with E-state index in [4.69, 9.17) is 16.0 Å². The van der Waals surface area contributed by atoms with Gasteiger partial charge in [-0.15, -0.1) is 5.10 Å². The Kier molecular flexibility index (Phi) is 4.35. The zero-order valence-electron chi connectivity index (χ0n) is 11.8. The summed E-state index contributed by atoms with van der Waals surface area (Å²) in [6.45, 7) is 0.0113. The monoisotopic (exact) mass is 333 g/mol. The highest BCUT2D eigenvalue weighted by atomic mass is 35.5. The second kappa shape index (κ2) is 6.59. The number of furan rings is 1. The number of halogens is 1. The van der Waals surface area contributed by atoms with Gasteiger partial charge in [0.2, 0.25) is 0 Å². The van der Waals surface area contributed by atoms with E-state index < -0.39 is 12.0 Å². The zero-order valence-corrected chi connectivity index (χ0v) is 12.5. The van der Waals surface area contributed by atoms with Crippen molar-refractivity contribution in [1.82, 2.24) is 25.5 Å². The van der Waals surface area contributed by atoms with Crippen molar-refractivity contribution in [2.24, 2.45) is 0 Å². The summed E-state index contributed by atoms with van der Waals surface area (Å²) >= 11 is 6.13. The summed E-state index contributed by atoms with van der Waals surface area (Å²) in [5, 5.41) is 23.5. The van der Waals surface area contributed by atoms with Gasteiger partial charge >= 0.3 is 0 Å². The van der Waals surface area contributed by atoms with E-state index in [-0.39, 0.29) is 17.1 Å². The molecular formula is C14H12ClN5O3. The van der Waals surface area contributed by atoms with Crippen molar-refractivity contribution in [3.05, 3.63) is 59.3 Å². The number of hydrogen-bond donors (Lipinski definition) is 2. The molecule has 23 heavy (non-hydrogen) atoms. The third-order valence-electron chi connectivity index (χ3n) is 3.14. The van der Waals surface area contributed by atoms with Crippen molar-refractivity contribution in [3.8, 4) is 5.69 Å². The number of aromatic nitrogens is 4. The predicted octanol–water partition coefficient (Wildman–Crippen LogP) is 1.37.